The Kier molecular flexibility index (Phi) is 39.2. The summed E-state index contributed by atoms with van der Waals surface area (Å²) in [4.78, 5) is 0. The summed E-state index contributed by atoms with van der Waals surface area (Å²) in [5.41, 5.74) is 0. The van der Waals surface area contributed by atoms with Crippen molar-refractivity contribution in [1.29, 1.82) is 0 Å². The highest BCUT2D eigenvalue weighted by Gasteiger charge is 2.26. The van der Waals surface area contributed by atoms with E-state index in [0.717, 1.165) is 0 Å². The molecule has 0 aromatic rings. The highest BCUT2D eigenvalue weighted by atomic mass is 16.5. The molecule has 19 heteroatoms. The normalized spacial score (nSPS) is 11.5. The number of quaternary nitrogens is 3. The number of rotatable bonds is 24. The van der Waals surface area contributed by atoms with Crippen LogP contribution in [0.15, 0.2) is 0 Å². The minimum atomic E-state index is -2.92. The molecule has 0 fully saturated rings. The molecule has 0 aliphatic rings. The quantitative estimate of drug-likeness (QED) is 0.0344. The molecule has 264 valence electrons. The van der Waals surface area contributed by atoms with E-state index in [9.17, 15) is 0 Å². The van der Waals surface area contributed by atoms with E-state index in [4.69, 9.17) is 76.4 Å². The first-order valence-electron chi connectivity index (χ1n) is 14.3. The van der Waals surface area contributed by atoms with E-state index < -0.39 is 7.32 Å². The summed E-state index contributed by atoms with van der Waals surface area (Å²) in [6.07, 6.45) is 0. The lowest BCUT2D eigenvalue weighted by Crippen LogP contribution is -2.56. The van der Waals surface area contributed by atoms with Gasteiger partial charge in [0.1, 0.15) is 78.5 Å². The van der Waals surface area contributed by atoms with Crippen LogP contribution in [0, 0.1) is 0 Å². The summed E-state index contributed by atoms with van der Waals surface area (Å²) < 4.78 is 1.12. The molecule has 0 rings (SSSR count). The van der Waals surface area contributed by atoms with E-state index in [0.29, 0.717) is 92.0 Å². The molecular weight excluding hydrogens is 581 g/mol. The monoisotopic (exact) mass is 641 g/mol. The number of aliphatic hydroxyl groups excluding tert-OH is 12. The van der Waals surface area contributed by atoms with Gasteiger partial charge in [-0.3, -0.25) is 7.32 Å². The van der Waals surface area contributed by atoms with Crippen LogP contribution in [0.5, 0.6) is 0 Å². The molecule has 0 spiro atoms. The Hall–Kier alpha value is -0.655. The van der Waals surface area contributed by atoms with Crippen LogP contribution in [0.25, 0.3) is 0 Å². The van der Waals surface area contributed by atoms with Gasteiger partial charge in [-0.2, -0.15) is 0 Å². The number of aliphatic hydroxyl groups is 12. The van der Waals surface area contributed by atoms with Gasteiger partial charge in [0, 0.05) is 0 Å². The van der Waals surface area contributed by atoms with Crippen molar-refractivity contribution in [2.45, 2.75) is 0 Å². The number of hydrogen-bond acceptors (Lipinski definition) is 15. The van der Waals surface area contributed by atoms with E-state index in [1.807, 2.05) is 0 Å². The smallest absolute Gasteiger partial charge is 0.102 e. The molecule has 0 aliphatic carbocycles. The third kappa shape index (κ3) is 28.6. The molecule has 12 N–H and O–H groups in total. The predicted octanol–water partition coefficient (Wildman–Crippen LogP) is -10.6. The van der Waals surface area contributed by atoms with Crippen LogP contribution in [-0.2, 0) is 0 Å². The summed E-state index contributed by atoms with van der Waals surface area (Å²) in [5.74, 6) is 0. The van der Waals surface area contributed by atoms with Crippen molar-refractivity contribution in [3.8, 4) is 0 Å². The van der Waals surface area contributed by atoms with Gasteiger partial charge in [-0.25, -0.2) is 0 Å². The van der Waals surface area contributed by atoms with Crippen molar-refractivity contribution in [1.82, 2.24) is 0 Å². The third-order valence-corrected chi connectivity index (χ3v) is 6.89. The van der Waals surface area contributed by atoms with Gasteiger partial charge >= 0.3 is 0 Å². The van der Waals surface area contributed by atoms with Crippen molar-refractivity contribution in [3.05, 3.63) is 0 Å². The molecule has 0 radical (unpaired) electrons. The SMILES string of the molecule is OCC[N+](CCO)(CCO)CCO.OCC[N+](CCO)(CCO)CCO.OCC[N+](CCO)(CCO)CCO.[O-]B([O-])[O-]. The Labute approximate surface area is 255 Å². The van der Waals surface area contributed by atoms with Crippen molar-refractivity contribution < 1.29 is 89.8 Å². The van der Waals surface area contributed by atoms with Gasteiger partial charge in [0.25, 0.3) is 0 Å². The molecule has 0 saturated carbocycles. The van der Waals surface area contributed by atoms with Gasteiger partial charge in [-0.1, -0.05) is 0 Å². The Balaban J connectivity index is -0.000000249. The Morgan fingerprint density at radius 3 is 0.372 bits per heavy atom. The molecule has 0 unspecified atom stereocenters. The lowest BCUT2D eigenvalue weighted by molar-refractivity contribution is -0.929. The standard InChI is InChI=1S/3C8H20NO4.BO3/c3*10-5-1-9(2-6-11,3-7-12)4-8-13;2-1(3)4/h3*10-13H,1-8H2;/q3*+1;-3. The minimum absolute atomic E-state index is 0. The fourth-order valence-corrected chi connectivity index (χ4v) is 4.56. The van der Waals surface area contributed by atoms with Crippen molar-refractivity contribution in [3.63, 3.8) is 0 Å². The second kappa shape index (κ2) is 34.2. The van der Waals surface area contributed by atoms with E-state index >= 15 is 0 Å². The molecule has 0 aromatic carbocycles. The molecular formula is C24H60BN3O15. The van der Waals surface area contributed by atoms with Crippen LogP contribution in [0.3, 0.4) is 0 Å². The van der Waals surface area contributed by atoms with Crippen molar-refractivity contribution in [2.75, 3.05) is 158 Å². The molecule has 0 amide bonds. The van der Waals surface area contributed by atoms with Gasteiger partial charge in [0.2, 0.25) is 0 Å². The molecule has 18 nitrogen and oxygen atoms in total. The summed E-state index contributed by atoms with van der Waals surface area (Å²) >= 11 is 0. The lowest BCUT2D eigenvalue weighted by Gasteiger charge is -2.36. The molecule has 43 heavy (non-hydrogen) atoms. The first-order valence-corrected chi connectivity index (χ1v) is 14.3. The lowest BCUT2D eigenvalue weighted by atomic mass is 10.3. The van der Waals surface area contributed by atoms with Crippen LogP contribution < -0.4 is 15.1 Å². The highest BCUT2D eigenvalue weighted by Crippen LogP contribution is 2.06. The molecule has 0 heterocycles. The van der Waals surface area contributed by atoms with Gasteiger partial charge < -0.3 is 89.8 Å². The van der Waals surface area contributed by atoms with Gasteiger partial charge in [0.05, 0.1) is 79.3 Å². The maximum atomic E-state index is 8.82. The van der Waals surface area contributed by atoms with E-state index in [2.05, 4.69) is 0 Å². The summed E-state index contributed by atoms with van der Waals surface area (Å²) in [7, 11) is -2.92. The molecule has 0 saturated heterocycles. The molecule has 0 aliphatic heterocycles. The first-order chi connectivity index (χ1) is 20.5. The van der Waals surface area contributed by atoms with Crippen LogP contribution in [0.1, 0.15) is 0 Å². The van der Waals surface area contributed by atoms with E-state index in [-0.39, 0.29) is 79.3 Å². The summed E-state index contributed by atoms with van der Waals surface area (Å²) in [6.45, 7) is 5.52. The predicted molar refractivity (Wildman–Crippen MR) is 150 cm³/mol. The topological polar surface area (TPSA) is 312 Å². The van der Waals surface area contributed by atoms with Crippen molar-refractivity contribution in [2.24, 2.45) is 0 Å². The van der Waals surface area contributed by atoms with Crippen LogP contribution in [0.4, 0.5) is 0 Å². The maximum absolute atomic E-state index is 8.82. The minimum Gasteiger partial charge on any atom is -0.907 e. The third-order valence-electron chi connectivity index (χ3n) is 6.89. The van der Waals surface area contributed by atoms with Crippen molar-refractivity contribution >= 4 is 7.32 Å². The van der Waals surface area contributed by atoms with Crippen LogP contribution >= 0.6 is 0 Å². The van der Waals surface area contributed by atoms with Gasteiger partial charge in [0.15, 0.2) is 0 Å². The number of nitrogens with zero attached hydrogens (tertiary/aromatic N) is 3. The molecule has 0 aromatic heterocycles. The Morgan fingerprint density at radius 2 is 0.326 bits per heavy atom. The Morgan fingerprint density at radius 1 is 0.256 bits per heavy atom. The van der Waals surface area contributed by atoms with Crippen LogP contribution in [0.2, 0.25) is 0 Å². The second-order valence-electron chi connectivity index (χ2n) is 9.68. The highest BCUT2D eigenvalue weighted by molar-refractivity contribution is 6.24. The zero-order chi connectivity index (χ0) is 34.0. The fourth-order valence-electron chi connectivity index (χ4n) is 4.56. The average molecular weight is 642 g/mol. The zero-order valence-electron chi connectivity index (χ0n) is 25.5. The summed E-state index contributed by atoms with van der Waals surface area (Å²) in [6, 6.07) is 0. The molecule has 0 atom stereocenters. The second-order valence-corrected chi connectivity index (χ2v) is 9.68. The maximum Gasteiger partial charge on any atom is 0.102 e. The fraction of sp³-hybridized carbons (Fsp3) is 1.00. The Bertz CT molecular complexity index is 388. The van der Waals surface area contributed by atoms with E-state index in [1.165, 1.54) is 0 Å². The zero-order valence-corrected chi connectivity index (χ0v) is 25.5. The first kappa shape index (κ1) is 49.2. The molecule has 0 bridgehead atoms. The van der Waals surface area contributed by atoms with Gasteiger partial charge in [-0.05, 0) is 0 Å². The van der Waals surface area contributed by atoms with Gasteiger partial charge in [-0.15, -0.1) is 0 Å². The number of hydrogen-bond donors (Lipinski definition) is 12. The average Bonchev–Trinajstić information content (AvgIpc) is 2.91. The largest absolute Gasteiger partial charge is 0.907 e. The summed E-state index contributed by atoms with van der Waals surface area (Å²) in [5, 5.41) is 131. The van der Waals surface area contributed by atoms with Crippen LogP contribution in [-0.4, -0.2) is 240 Å². The van der Waals surface area contributed by atoms with E-state index in [1.54, 1.807) is 0 Å².